The number of rotatable bonds is 6. The summed E-state index contributed by atoms with van der Waals surface area (Å²) in [6.45, 7) is 0.104. The third-order valence-corrected chi connectivity index (χ3v) is 1.93. The number of primary amides is 1. The van der Waals surface area contributed by atoms with Crippen LogP contribution in [0, 0.1) is 0 Å². The summed E-state index contributed by atoms with van der Waals surface area (Å²) in [6, 6.07) is 0. The van der Waals surface area contributed by atoms with Crippen LogP contribution in [0.4, 0.5) is 8.78 Å². The lowest BCUT2D eigenvalue weighted by molar-refractivity contribution is -0.197. The molecule has 0 aromatic carbocycles. The zero-order valence-electron chi connectivity index (χ0n) is 7.67. The fourth-order valence-electron chi connectivity index (χ4n) is 1.10. The van der Waals surface area contributed by atoms with Crippen molar-refractivity contribution in [2.75, 3.05) is 13.4 Å². The zero-order chi connectivity index (χ0) is 10.6. The quantitative estimate of drug-likeness (QED) is 0.516. The van der Waals surface area contributed by atoms with E-state index in [-0.39, 0.29) is 32.7 Å². The number of halogens is 2. The van der Waals surface area contributed by atoms with Gasteiger partial charge in [-0.2, -0.15) is 0 Å². The lowest BCUT2D eigenvalue weighted by Gasteiger charge is -2.34. The summed E-state index contributed by atoms with van der Waals surface area (Å²) in [4.78, 5) is 10.3. The number of amides is 1. The Hall–Kier alpha value is -0.750. The van der Waals surface area contributed by atoms with Gasteiger partial charge in [0.25, 0.3) is 5.92 Å². The van der Waals surface area contributed by atoms with Gasteiger partial charge in [-0.25, -0.2) is 8.78 Å². The van der Waals surface area contributed by atoms with Crippen LogP contribution in [0.25, 0.3) is 0 Å². The van der Waals surface area contributed by atoms with E-state index in [4.69, 9.17) is 15.2 Å². The number of alkyl halides is 2. The van der Waals surface area contributed by atoms with Crippen molar-refractivity contribution in [3.8, 4) is 0 Å². The Morgan fingerprint density at radius 2 is 2.14 bits per heavy atom. The fraction of sp³-hybridized carbons (Fsp3) is 0.875. The Bertz CT molecular complexity index is 203. The topological polar surface area (TPSA) is 61.6 Å². The second-order valence-electron chi connectivity index (χ2n) is 3.30. The summed E-state index contributed by atoms with van der Waals surface area (Å²) in [7, 11) is 0. The second kappa shape index (κ2) is 4.65. The Morgan fingerprint density at radius 3 is 2.64 bits per heavy atom. The minimum Gasteiger partial charge on any atom is -0.370 e. The van der Waals surface area contributed by atoms with Crippen molar-refractivity contribution in [2.24, 2.45) is 5.73 Å². The molecule has 1 aliphatic rings. The molecule has 1 rings (SSSR count). The summed E-state index contributed by atoms with van der Waals surface area (Å²) < 4.78 is 34.4. The monoisotopic (exact) mass is 209 g/mol. The van der Waals surface area contributed by atoms with Crippen LogP contribution in [0.1, 0.15) is 19.3 Å². The molecule has 2 N–H and O–H groups in total. The molecule has 0 spiro atoms. The van der Waals surface area contributed by atoms with Crippen LogP contribution in [-0.2, 0) is 14.3 Å². The van der Waals surface area contributed by atoms with Gasteiger partial charge in [-0.1, -0.05) is 0 Å². The van der Waals surface area contributed by atoms with Crippen molar-refractivity contribution in [3.63, 3.8) is 0 Å². The summed E-state index contributed by atoms with van der Waals surface area (Å²) in [5.74, 6) is -3.03. The van der Waals surface area contributed by atoms with Gasteiger partial charge in [0.2, 0.25) is 5.91 Å². The molecule has 0 aromatic heterocycles. The van der Waals surface area contributed by atoms with Crippen LogP contribution in [-0.4, -0.2) is 31.3 Å². The molecule has 0 aliphatic heterocycles. The van der Waals surface area contributed by atoms with Gasteiger partial charge >= 0.3 is 0 Å². The normalized spacial score (nSPS) is 20.4. The van der Waals surface area contributed by atoms with Crippen LogP contribution >= 0.6 is 0 Å². The molecule has 4 nitrogen and oxygen atoms in total. The van der Waals surface area contributed by atoms with Crippen molar-refractivity contribution in [3.05, 3.63) is 0 Å². The number of nitrogens with two attached hydrogens (primary N) is 1. The fourth-order valence-corrected chi connectivity index (χ4v) is 1.10. The van der Waals surface area contributed by atoms with Crippen molar-refractivity contribution in [1.29, 1.82) is 0 Å². The van der Waals surface area contributed by atoms with Gasteiger partial charge in [0.05, 0.1) is 12.7 Å². The first-order valence-electron chi connectivity index (χ1n) is 4.35. The maximum atomic E-state index is 12.3. The van der Waals surface area contributed by atoms with Crippen molar-refractivity contribution >= 4 is 5.91 Å². The van der Waals surface area contributed by atoms with E-state index in [1.165, 1.54) is 0 Å². The zero-order valence-corrected chi connectivity index (χ0v) is 7.67. The molecule has 0 saturated heterocycles. The molecule has 0 bridgehead atoms. The molecule has 0 atom stereocenters. The third kappa shape index (κ3) is 3.97. The number of hydrogen-bond donors (Lipinski definition) is 1. The Kier molecular flexibility index (Phi) is 3.77. The molecule has 1 amide bonds. The van der Waals surface area contributed by atoms with Crippen LogP contribution in [0.3, 0.4) is 0 Å². The first kappa shape index (κ1) is 11.3. The van der Waals surface area contributed by atoms with E-state index >= 15 is 0 Å². The number of ether oxygens (including phenoxy) is 2. The van der Waals surface area contributed by atoms with Crippen molar-refractivity contribution in [2.45, 2.75) is 31.3 Å². The average molecular weight is 209 g/mol. The summed E-state index contributed by atoms with van der Waals surface area (Å²) in [6.07, 6.45) is -0.790. The minimum absolute atomic E-state index is 0.0615. The smallest absolute Gasteiger partial charge is 0.253 e. The third-order valence-electron chi connectivity index (χ3n) is 1.93. The number of carbonyl (C=O) groups is 1. The van der Waals surface area contributed by atoms with Crippen LogP contribution in [0.2, 0.25) is 0 Å². The van der Waals surface area contributed by atoms with E-state index in [0.717, 1.165) is 0 Å². The van der Waals surface area contributed by atoms with Gasteiger partial charge in [-0.05, 0) is 0 Å². The SMILES string of the molecule is NC(=O)CCOCOC1CC(F)(F)C1. The minimum atomic E-state index is -2.57. The van der Waals surface area contributed by atoms with Gasteiger partial charge in [0, 0.05) is 19.3 Å². The number of hydrogen-bond acceptors (Lipinski definition) is 3. The average Bonchev–Trinajstić information content (AvgIpc) is 1.99. The highest BCUT2D eigenvalue weighted by molar-refractivity contribution is 5.73. The molecule has 0 aromatic rings. The van der Waals surface area contributed by atoms with Crippen LogP contribution < -0.4 is 5.73 Å². The lowest BCUT2D eigenvalue weighted by atomic mass is 9.91. The molecule has 6 heteroatoms. The first-order chi connectivity index (χ1) is 6.49. The first-order valence-corrected chi connectivity index (χ1v) is 4.35. The Balaban J connectivity index is 1.89. The largest absolute Gasteiger partial charge is 0.370 e. The predicted molar refractivity (Wildman–Crippen MR) is 43.7 cm³/mol. The van der Waals surface area contributed by atoms with Gasteiger partial charge in [0.15, 0.2) is 0 Å². The van der Waals surface area contributed by atoms with Gasteiger partial charge in [-0.3, -0.25) is 4.79 Å². The molecule has 0 radical (unpaired) electrons. The van der Waals surface area contributed by atoms with Crippen LogP contribution in [0.15, 0.2) is 0 Å². The molecule has 1 fully saturated rings. The van der Waals surface area contributed by atoms with Gasteiger partial charge in [0.1, 0.15) is 6.79 Å². The van der Waals surface area contributed by atoms with Crippen LogP contribution in [0.5, 0.6) is 0 Å². The second-order valence-corrected chi connectivity index (χ2v) is 3.30. The van der Waals surface area contributed by atoms with E-state index in [0.29, 0.717) is 0 Å². The van der Waals surface area contributed by atoms with E-state index < -0.39 is 17.9 Å². The van der Waals surface area contributed by atoms with E-state index in [2.05, 4.69) is 0 Å². The molecule has 1 saturated carbocycles. The van der Waals surface area contributed by atoms with Crippen molar-refractivity contribution in [1.82, 2.24) is 0 Å². The maximum Gasteiger partial charge on any atom is 0.253 e. The summed E-state index contributed by atoms with van der Waals surface area (Å²) in [5.41, 5.74) is 4.85. The van der Waals surface area contributed by atoms with Gasteiger partial charge < -0.3 is 15.2 Å². The lowest BCUT2D eigenvalue weighted by Crippen LogP contribution is -2.41. The highest BCUT2D eigenvalue weighted by Crippen LogP contribution is 2.39. The molecule has 82 valence electrons. The van der Waals surface area contributed by atoms with E-state index in [9.17, 15) is 13.6 Å². The number of carbonyl (C=O) groups excluding carboxylic acids is 1. The molecule has 0 heterocycles. The highest BCUT2D eigenvalue weighted by atomic mass is 19.3. The molecular formula is C8H13F2NO3. The predicted octanol–water partition coefficient (Wildman–Crippen LogP) is 0.650. The molecular weight excluding hydrogens is 196 g/mol. The Labute approximate surface area is 80.3 Å². The van der Waals surface area contributed by atoms with Crippen molar-refractivity contribution < 1.29 is 23.0 Å². The molecule has 0 unspecified atom stereocenters. The highest BCUT2D eigenvalue weighted by Gasteiger charge is 2.46. The standard InChI is InChI=1S/C8H13F2NO3/c9-8(10)3-6(4-8)14-5-13-2-1-7(11)12/h6H,1-5H2,(H2,11,12). The maximum absolute atomic E-state index is 12.3. The Morgan fingerprint density at radius 1 is 1.50 bits per heavy atom. The van der Waals surface area contributed by atoms with E-state index in [1.807, 2.05) is 0 Å². The summed E-state index contributed by atoms with van der Waals surface area (Å²) in [5, 5.41) is 0. The molecule has 14 heavy (non-hydrogen) atoms. The molecule has 1 aliphatic carbocycles. The van der Waals surface area contributed by atoms with Gasteiger partial charge in [-0.15, -0.1) is 0 Å². The summed E-state index contributed by atoms with van der Waals surface area (Å²) >= 11 is 0. The van der Waals surface area contributed by atoms with E-state index in [1.54, 1.807) is 0 Å².